The molecular weight excluding hydrogens is 251 g/mol. The monoisotopic (exact) mass is 260 g/mol. The van der Waals surface area contributed by atoms with Crippen molar-refractivity contribution in [2.45, 2.75) is 18.9 Å². The maximum Gasteiger partial charge on any atom is 0.0651 e. The van der Waals surface area contributed by atoms with Gasteiger partial charge >= 0.3 is 0 Å². The Balaban J connectivity index is 2.68. The minimum absolute atomic E-state index is 0.101. The molecule has 2 nitrogen and oxygen atoms in total. The standard InChI is InChI=1S/C9H10BrClN2/c10-8-7-4(1-2-6(7)12)3-5(11)9(8)13/h3,6H,1-2,12-13H2/t6-/m0/s1. The summed E-state index contributed by atoms with van der Waals surface area (Å²) in [7, 11) is 0. The summed E-state index contributed by atoms with van der Waals surface area (Å²) < 4.78 is 0.875. The molecule has 0 unspecified atom stereocenters. The van der Waals surface area contributed by atoms with Gasteiger partial charge in [-0.2, -0.15) is 0 Å². The van der Waals surface area contributed by atoms with Gasteiger partial charge in [-0.1, -0.05) is 11.6 Å². The highest BCUT2D eigenvalue weighted by Gasteiger charge is 2.24. The van der Waals surface area contributed by atoms with Gasteiger partial charge in [0, 0.05) is 10.5 Å². The molecule has 0 aliphatic heterocycles. The lowest BCUT2D eigenvalue weighted by molar-refractivity contribution is 0.711. The summed E-state index contributed by atoms with van der Waals surface area (Å²) in [6.45, 7) is 0. The van der Waals surface area contributed by atoms with Crippen LogP contribution >= 0.6 is 27.5 Å². The number of nitrogen functional groups attached to an aromatic ring is 1. The minimum atomic E-state index is 0.101. The first-order valence-electron chi connectivity index (χ1n) is 4.13. The Morgan fingerprint density at radius 3 is 2.92 bits per heavy atom. The average Bonchev–Trinajstić information content (AvgIpc) is 2.43. The topological polar surface area (TPSA) is 52.0 Å². The molecule has 13 heavy (non-hydrogen) atoms. The summed E-state index contributed by atoms with van der Waals surface area (Å²) in [5, 5.41) is 0.611. The summed E-state index contributed by atoms with van der Waals surface area (Å²) in [6, 6.07) is 2.02. The number of rotatable bonds is 0. The molecule has 0 saturated carbocycles. The number of halogens is 2. The third kappa shape index (κ3) is 1.35. The fraction of sp³-hybridized carbons (Fsp3) is 0.333. The van der Waals surface area contributed by atoms with Crippen molar-refractivity contribution in [3.8, 4) is 0 Å². The van der Waals surface area contributed by atoms with Crippen molar-refractivity contribution in [3.63, 3.8) is 0 Å². The van der Waals surface area contributed by atoms with Gasteiger partial charge in [0.05, 0.1) is 10.7 Å². The summed E-state index contributed by atoms with van der Waals surface area (Å²) in [5.74, 6) is 0. The molecule has 0 spiro atoms. The molecule has 70 valence electrons. The van der Waals surface area contributed by atoms with Crippen molar-refractivity contribution >= 4 is 33.2 Å². The highest BCUT2D eigenvalue weighted by atomic mass is 79.9. The van der Waals surface area contributed by atoms with E-state index in [1.807, 2.05) is 6.07 Å². The van der Waals surface area contributed by atoms with Crippen LogP contribution in [-0.2, 0) is 6.42 Å². The fourth-order valence-electron chi connectivity index (χ4n) is 1.76. The molecule has 1 aliphatic carbocycles. The van der Waals surface area contributed by atoms with Crippen LogP contribution in [0, 0.1) is 0 Å². The summed E-state index contributed by atoms with van der Waals surface area (Å²) >= 11 is 9.38. The Hall–Kier alpha value is -0.250. The lowest BCUT2D eigenvalue weighted by atomic mass is 10.1. The first-order valence-corrected chi connectivity index (χ1v) is 5.30. The van der Waals surface area contributed by atoms with E-state index in [0.717, 1.165) is 22.9 Å². The first kappa shape index (κ1) is 9.31. The van der Waals surface area contributed by atoms with Gasteiger partial charge in [0.1, 0.15) is 0 Å². The van der Waals surface area contributed by atoms with Crippen LogP contribution in [0.15, 0.2) is 10.5 Å². The van der Waals surface area contributed by atoms with Gasteiger partial charge in [-0.15, -0.1) is 0 Å². The van der Waals surface area contributed by atoms with E-state index in [2.05, 4.69) is 15.9 Å². The van der Waals surface area contributed by atoms with E-state index in [4.69, 9.17) is 23.1 Å². The van der Waals surface area contributed by atoms with Crippen molar-refractivity contribution in [3.05, 3.63) is 26.7 Å². The lowest BCUT2D eigenvalue weighted by Gasteiger charge is -2.11. The third-order valence-electron chi connectivity index (χ3n) is 2.47. The number of benzene rings is 1. The normalized spacial score (nSPS) is 20.4. The Morgan fingerprint density at radius 2 is 2.23 bits per heavy atom. The lowest BCUT2D eigenvalue weighted by Crippen LogP contribution is -2.07. The highest BCUT2D eigenvalue weighted by Crippen LogP contribution is 2.41. The van der Waals surface area contributed by atoms with Crippen LogP contribution in [0.3, 0.4) is 0 Å². The van der Waals surface area contributed by atoms with E-state index in [9.17, 15) is 0 Å². The average molecular weight is 262 g/mol. The van der Waals surface area contributed by atoms with Crippen molar-refractivity contribution in [2.75, 3.05) is 5.73 Å². The van der Waals surface area contributed by atoms with Crippen molar-refractivity contribution in [1.82, 2.24) is 0 Å². The van der Waals surface area contributed by atoms with Gasteiger partial charge in [-0.3, -0.25) is 0 Å². The zero-order valence-corrected chi connectivity index (χ0v) is 9.32. The highest BCUT2D eigenvalue weighted by molar-refractivity contribution is 9.10. The van der Waals surface area contributed by atoms with E-state index in [1.165, 1.54) is 5.56 Å². The number of fused-ring (bicyclic) bond motifs is 1. The van der Waals surface area contributed by atoms with E-state index in [-0.39, 0.29) is 6.04 Å². The maximum atomic E-state index is 5.95. The Morgan fingerprint density at radius 1 is 1.54 bits per heavy atom. The summed E-state index contributed by atoms with van der Waals surface area (Å²) in [6.07, 6.45) is 1.98. The number of nitrogens with two attached hydrogens (primary N) is 2. The van der Waals surface area contributed by atoms with E-state index >= 15 is 0 Å². The number of aryl methyl sites for hydroxylation is 1. The van der Waals surface area contributed by atoms with Gasteiger partial charge < -0.3 is 11.5 Å². The van der Waals surface area contributed by atoms with Crippen molar-refractivity contribution in [1.29, 1.82) is 0 Å². The zero-order chi connectivity index (χ0) is 9.59. The number of hydrogen-bond acceptors (Lipinski definition) is 2. The quantitative estimate of drug-likeness (QED) is 0.706. The molecule has 0 heterocycles. The third-order valence-corrected chi connectivity index (χ3v) is 3.64. The molecule has 0 radical (unpaired) electrons. The Bertz CT molecular complexity index is 365. The van der Waals surface area contributed by atoms with Crippen LogP contribution in [0.1, 0.15) is 23.6 Å². The molecule has 0 aromatic heterocycles. The molecule has 0 saturated heterocycles. The smallest absolute Gasteiger partial charge is 0.0651 e. The van der Waals surface area contributed by atoms with Crippen molar-refractivity contribution in [2.24, 2.45) is 5.73 Å². The molecule has 1 atom stereocenters. The molecule has 0 fully saturated rings. The van der Waals surface area contributed by atoms with Gasteiger partial charge in [0.2, 0.25) is 0 Å². The minimum Gasteiger partial charge on any atom is -0.397 e. The molecule has 4 heteroatoms. The predicted octanol–water partition coefficient (Wildman–Crippen LogP) is 2.63. The van der Waals surface area contributed by atoms with Crippen LogP contribution < -0.4 is 11.5 Å². The second kappa shape index (κ2) is 3.15. The van der Waals surface area contributed by atoms with Crippen LogP contribution in [0.2, 0.25) is 5.02 Å². The van der Waals surface area contributed by atoms with E-state index < -0.39 is 0 Å². The van der Waals surface area contributed by atoms with Crippen molar-refractivity contribution < 1.29 is 0 Å². The van der Waals surface area contributed by atoms with Gasteiger partial charge in [-0.25, -0.2) is 0 Å². The predicted molar refractivity (Wildman–Crippen MR) is 58.8 cm³/mol. The van der Waals surface area contributed by atoms with Crippen LogP contribution in [0.4, 0.5) is 5.69 Å². The molecule has 2 rings (SSSR count). The zero-order valence-electron chi connectivity index (χ0n) is 6.98. The van der Waals surface area contributed by atoms with Crippen LogP contribution in [-0.4, -0.2) is 0 Å². The molecule has 4 N–H and O–H groups in total. The number of anilines is 1. The fourth-order valence-corrected chi connectivity index (χ4v) is 2.87. The Labute approximate surface area is 90.4 Å². The first-order chi connectivity index (χ1) is 6.11. The Kier molecular flexibility index (Phi) is 2.26. The maximum absolute atomic E-state index is 5.95. The molecular formula is C9H10BrClN2. The van der Waals surface area contributed by atoms with Gasteiger partial charge in [-0.05, 0) is 46.0 Å². The van der Waals surface area contributed by atoms with Gasteiger partial charge in [0.25, 0.3) is 0 Å². The number of hydrogen-bond donors (Lipinski definition) is 2. The summed E-state index contributed by atoms with van der Waals surface area (Å²) in [5.41, 5.74) is 14.7. The van der Waals surface area contributed by atoms with Crippen LogP contribution in [0.25, 0.3) is 0 Å². The second-order valence-electron chi connectivity index (χ2n) is 3.30. The molecule has 0 bridgehead atoms. The van der Waals surface area contributed by atoms with E-state index in [1.54, 1.807) is 0 Å². The summed E-state index contributed by atoms with van der Waals surface area (Å²) in [4.78, 5) is 0. The molecule has 1 aliphatic rings. The van der Waals surface area contributed by atoms with Gasteiger partial charge in [0.15, 0.2) is 0 Å². The SMILES string of the molecule is Nc1c(Cl)cc2c(c1Br)[C@@H](N)CC2. The second-order valence-corrected chi connectivity index (χ2v) is 4.50. The van der Waals surface area contributed by atoms with E-state index in [0.29, 0.717) is 10.7 Å². The molecule has 0 amide bonds. The van der Waals surface area contributed by atoms with Crippen LogP contribution in [0.5, 0.6) is 0 Å². The molecule has 1 aromatic carbocycles. The largest absolute Gasteiger partial charge is 0.397 e. The molecule has 1 aromatic rings.